The van der Waals surface area contributed by atoms with E-state index in [0.29, 0.717) is 6.42 Å². The molecule has 142 valence electrons. The molecule has 1 atom stereocenters. The highest BCUT2D eigenvalue weighted by atomic mass is 32.1. The Hall–Kier alpha value is -2.00. The van der Waals surface area contributed by atoms with E-state index < -0.39 is 11.9 Å². The predicted octanol–water partition coefficient (Wildman–Crippen LogP) is 6.77. The number of allylic oxidation sites excluding steroid dienone is 12. The van der Waals surface area contributed by atoms with Crippen molar-refractivity contribution in [3.8, 4) is 0 Å². The normalized spacial score (nSPS) is 14.0. The minimum absolute atomic E-state index is 0.462. The van der Waals surface area contributed by atoms with E-state index in [1.165, 1.54) is 5.37 Å². The van der Waals surface area contributed by atoms with Crippen LogP contribution in [0.5, 0.6) is 0 Å². The second-order valence-electron chi connectivity index (χ2n) is 5.73. The lowest BCUT2D eigenvalue weighted by Gasteiger charge is -1.99. The topological polar surface area (TPSA) is 37.3 Å². The molecule has 26 heavy (non-hydrogen) atoms. The van der Waals surface area contributed by atoms with Crippen LogP contribution in [0.4, 0.5) is 0 Å². The monoisotopic (exact) mass is 372 g/mol. The molecule has 0 rings (SSSR count). The highest BCUT2D eigenvalue weighted by Crippen LogP contribution is 2.03. The Labute approximate surface area is 164 Å². The molecular weight excluding hydrogens is 340 g/mol. The largest absolute Gasteiger partial charge is 0.481 e. The van der Waals surface area contributed by atoms with E-state index in [4.69, 9.17) is 17.3 Å². The van der Waals surface area contributed by atoms with Gasteiger partial charge in [0.15, 0.2) is 0 Å². The summed E-state index contributed by atoms with van der Waals surface area (Å²) in [6.45, 7) is 2.14. The Bertz CT molecular complexity index is 536. The summed E-state index contributed by atoms with van der Waals surface area (Å²) in [5.74, 6) is -1.42. The van der Waals surface area contributed by atoms with Crippen molar-refractivity contribution in [3.63, 3.8) is 0 Å². The van der Waals surface area contributed by atoms with Gasteiger partial charge in [0.2, 0.25) is 0 Å². The Morgan fingerprint density at radius 1 is 0.731 bits per heavy atom. The van der Waals surface area contributed by atoms with Gasteiger partial charge in [-0.3, -0.25) is 4.79 Å². The summed E-state index contributed by atoms with van der Waals surface area (Å²) in [5, 5.41) is 10.2. The molecular formula is C23H32O2S. The van der Waals surface area contributed by atoms with Gasteiger partial charge in [0.05, 0.1) is 5.92 Å². The summed E-state index contributed by atoms with van der Waals surface area (Å²) in [5.41, 5.74) is 0. The van der Waals surface area contributed by atoms with Crippen LogP contribution in [0.3, 0.4) is 0 Å². The second kappa shape index (κ2) is 19.3. The molecule has 0 aromatic rings. The van der Waals surface area contributed by atoms with Crippen molar-refractivity contribution < 1.29 is 9.90 Å². The molecule has 0 saturated carbocycles. The molecule has 0 aromatic heterocycles. The van der Waals surface area contributed by atoms with Gasteiger partial charge < -0.3 is 5.11 Å². The molecule has 0 saturated heterocycles. The fourth-order valence-corrected chi connectivity index (χ4v) is 2.21. The maximum absolute atomic E-state index is 10.8. The van der Waals surface area contributed by atoms with E-state index in [-0.39, 0.29) is 0 Å². The summed E-state index contributed by atoms with van der Waals surface area (Å²) < 4.78 is 0. The highest BCUT2D eigenvalue weighted by Gasteiger charge is 2.10. The molecule has 0 aromatic carbocycles. The van der Waals surface area contributed by atoms with Gasteiger partial charge in [0, 0.05) is 0 Å². The summed E-state index contributed by atoms with van der Waals surface area (Å²) in [7, 11) is 0. The lowest BCUT2D eigenvalue weighted by molar-refractivity contribution is -0.139. The van der Waals surface area contributed by atoms with Gasteiger partial charge in [0.1, 0.15) is 0 Å². The maximum atomic E-state index is 10.8. The minimum atomic E-state index is -0.862. The van der Waals surface area contributed by atoms with Crippen LogP contribution < -0.4 is 0 Å². The van der Waals surface area contributed by atoms with Gasteiger partial charge in [-0.2, -0.15) is 0 Å². The van der Waals surface area contributed by atoms with Crippen molar-refractivity contribution in [3.05, 3.63) is 72.9 Å². The van der Waals surface area contributed by atoms with Crippen LogP contribution in [0.25, 0.3) is 0 Å². The quantitative estimate of drug-likeness (QED) is 0.254. The first-order valence-corrected chi connectivity index (χ1v) is 9.77. The van der Waals surface area contributed by atoms with Crippen LogP contribution in [-0.4, -0.2) is 16.4 Å². The van der Waals surface area contributed by atoms with E-state index >= 15 is 0 Å². The Morgan fingerprint density at radius 3 is 1.38 bits per heavy atom. The SMILES string of the molecule is CCC=CCC=CCC=CCC=CCC=CCC=CCC(C=S)C(=O)O. The minimum Gasteiger partial charge on any atom is -0.481 e. The summed E-state index contributed by atoms with van der Waals surface area (Å²) in [6, 6.07) is 0. The third kappa shape index (κ3) is 16.8. The number of rotatable bonds is 15. The van der Waals surface area contributed by atoms with Crippen LogP contribution in [0, 0.1) is 5.92 Å². The van der Waals surface area contributed by atoms with E-state index in [1.807, 2.05) is 12.2 Å². The molecule has 2 nitrogen and oxygen atoms in total. The Kier molecular flexibility index (Phi) is 17.8. The summed E-state index contributed by atoms with van der Waals surface area (Å²) in [4.78, 5) is 10.8. The zero-order chi connectivity index (χ0) is 19.3. The maximum Gasteiger partial charge on any atom is 0.311 e. The lowest BCUT2D eigenvalue weighted by Crippen LogP contribution is -2.12. The Morgan fingerprint density at radius 2 is 1.08 bits per heavy atom. The first kappa shape index (κ1) is 24.0. The number of hydrogen-bond donors (Lipinski definition) is 1. The van der Waals surface area contributed by atoms with Gasteiger partial charge in [-0.15, -0.1) is 0 Å². The first-order valence-electron chi connectivity index (χ1n) is 9.30. The second-order valence-corrected chi connectivity index (χ2v) is 6.00. The van der Waals surface area contributed by atoms with Crippen LogP contribution >= 0.6 is 12.2 Å². The van der Waals surface area contributed by atoms with Gasteiger partial charge in [-0.1, -0.05) is 92.1 Å². The Balaban J connectivity index is 3.67. The van der Waals surface area contributed by atoms with Crippen LogP contribution in [0.1, 0.15) is 51.9 Å². The number of carbonyl (C=O) groups is 1. The average Bonchev–Trinajstić information content (AvgIpc) is 2.63. The molecule has 0 heterocycles. The molecule has 0 aliphatic heterocycles. The van der Waals surface area contributed by atoms with Crippen molar-refractivity contribution in [1.82, 2.24) is 0 Å². The van der Waals surface area contributed by atoms with E-state index in [9.17, 15) is 4.79 Å². The number of aliphatic carboxylic acids is 1. The predicted molar refractivity (Wildman–Crippen MR) is 118 cm³/mol. The molecule has 3 heteroatoms. The third-order valence-electron chi connectivity index (χ3n) is 3.47. The summed E-state index contributed by atoms with van der Waals surface area (Å²) >= 11 is 4.70. The number of thiocarbonyl (C=S) groups is 1. The average molecular weight is 373 g/mol. The molecule has 1 N–H and O–H groups in total. The number of hydrogen-bond acceptors (Lipinski definition) is 2. The number of carboxylic acid groups (broad SMARTS) is 1. The fourth-order valence-electron chi connectivity index (χ4n) is 1.98. The van der Waals surface area contributed by atoms with Crippen molar-refractivity contribution in [1.29, 1.82) is 0 Å². The molecule has 0 fully saturated rings. The number of carboxylic acids is 1. The van der Waals surface area contributed by atoms with Crippen LogP contribution in [0.2, 0.25) is 0 Å². The zero-order valence-electron chi connectivity index (χ0n) is 15.8. The third-order valence-corrected chi connectivity index (χ3v) is 3.80. The molecule has 0 bridgehead atoms. The first-order chi connectivity index (χ1) is 12.7. The molecule has 0 aliphatic rings. The van der Waals surface area contributed by atoms with Crippen molar-refractivity contribution in [2.75, 3.05) is 0 Å². The van der Waals surface area contributed by atoms with Crippen LogP contribution in [-0.2, 0) is 4.79 Å². The molecule has 0 radical (unpaired) electrons. The zero-order valence-corrected chi connectivity index (χ0v) is 16.6. The van der Waals surface area contributed by atoms with Gasteiger partial charge in [-0.05, 0) is 50.3 Å². The highest BCUT2D eigenvalue weighted by molar-refractivity contribution is 7.79. The standard InChI is InChI=1S/C23H32O2S/c1-2-3-4-5-6-7-8-9-10-11-12-13-14-15-16-17-18-19-20-22(21-26)23(24)25/h3-4,6-7,9-10,12-13,15-16,18-19,21-22H,2,5,8,11,14,17,20H2,1H3,(H,24,25). The van der Waals surface area contributed by atoms with Crippen LogP contribution in [0.15, 0.2) is 72.9 Å². The lowest BCUT2D eigenvalue weighted by atomic mass is 10.1. The fraction of sp³-hybridized carbons (Fsp3) is 0.391. The van der Waals surface area contributed by atoms with Gasteiger partial charge in [-0.25, -0.2) is 0 Å². The van der Waals surface area contributed by atoms with E-state index in [2.05, 4.69) is 67.7 Å². The van der Waals surface area contributed by atoms with E-state index in [0.717, 1.165) is 38.5 Å². The molecule has 1 unspecified atom stereocenters. The van der Waals surface area contributed by atoms with Crippen molar-refractivity contribution in [2.45, 2.75) is 51.9 Å². The van der Waals surface area contributed by atoms with Crippen molar-refractivity contribution >= 4 is 23.6 Å². The smallest absolute Gasteiger partial charge is 0.311 e. The van der Waals surface area contributed by atoms with Crippen molar-refractivity contribution in [2.24, 2.45) is 5.92 Å². The summed E-state index contributed by atoms with van der Waals surface area (Å²) in [6.07, 6.45) is 31.8. The molecule has 0 aliphatic carbocycles. The van der Waals surface area contributed by atoms with Gasteiger partial charge in [0.25, 0.3) is 0 Å². The van der Waals surface area contributed by atoms with E-state index in [1.54, 1.807) is 0 Å². The van der Waals surface area contributed by atoms with Gasteiger partial charge >= 0.3 is 5.97 Å². The molecule has 0 amide bonds. The molecule has 0 spiro atoms.